The molecule has 1 saturated heterocycles. The van der Waals surface area contributed by atoms with Gasteiger partial charge in [0.2, 0.25) is 5.91 Å². The lowest BCUT2D eigenvalue weighted by atomic mass is 10.1. The number of carbonyl (C=O) groups is 1. The second-order valence-corrected chi connectivity index (χ2v) is 9.40. The Kier molecular flexibility index (Phi) is 6.29. The fourth-order valence-electron chi connectivity index (χ4n) is 4.85. The van der Waals surface area contributed by atoms with Gasteiger partial charge in [0.05, 0.1) is 28.4 Å². The van der Waals surface area contributed by atoms with Gasteiger partial charge in [0.15, 0.2) is 0 Å². The van der Waals surface area contributed by atoms with Gasteiger partial charge in [0, 0.05) is 25.4 Å². The maximum Gasteiger partial charge on any atom is 0.227 e. The monoisotopic (exact) mass is 473 g/mol. The van der Waals surface area contributed by atoms with Gasteiger partial charge in [0.25, 0.3) is 0 Å². The first-order chi connectivity index (χ1) is 16.5. The molecule has 6 heteroatoms. The molecule has 0 N–H and O–H groups in total. The number of hydrogen-bond donors (Lipinski definition) is 0. The van der Waals surface area contributed by atoms with E-state index in [1.807, 2.05) is 42.5 Å². The van der Waals surface area contributed by atoms with Crippen LogP contribution < -0.4 is 9.64 Å². The summed E-state index contributed by atoms with van der Waals surface area (Å²) in [6.45, 7) is 6.13. The molecule has 0 unspecified atom stereocenters. The third-order valence-corrected chi connectivity index (χ3v) is 6.63. The average molecular weight is 474 g/mol. The molecule has 0 saturated carbocycles. The number of aryl methyl sites for hydroxylation is 3. The Labute approximate surface area is 204 Å². The minimum Gasteiger partial charge on any atom is -0.494 e. The largest absolute Gasteiger partial charge is 0.494 e. The zero-order valence-corrected chi connectivity index (χ0v) is 20.3. The Balaban J connectivity index is 1.35. The lowest BCUT2D eigenvalue weighted by Crippen LogP contribution is -2.24. The summed E-state index contributed by atoms with van der Waals surface area (Å²) in [5, 5.41) is 0.591. The molecule has 1 aliphatic heterocycles. The van der Waals surface area contributed by atoms with Gasteiger partial charge in [-0.25, -0.2) is 4.98 Å². The molecule has 0 bridgehead atoms. The number of rotatable bonds is 7. The van der Waals surface area contributed by atoms with Crippen molar-refractivity contribution in [2.75, 3.05) is 18.1 Å². The Morgan fingerprint density at radius 1 is 1.03 bits per heavy atom. The van der Waals surface area contributed by atoms with E-state index in [4.69, 9.17) is 21.3 Å². The first-order valence-corrected chi connectivity index (χ1v) is 12.1. The van der Waals surface area contributed by atoms with Crippen molar-refractivity contribution in [1.29, 1.82) is 0 Å². The summed E-state index contributed by atoms with van der Waals surface area (Å²) in [6.07, 6.45) is 1.27. The summed E-state index contributed by atoms with van der Waals surface area (Å²) in [6, 6.07) is 22.0. The van der Waals surface area contributed by atoms with E-state index in [-0.39, 0.29) is 11.8 Å². The molecule has 3 aromatic carbocycles. The number of fused-ring (bicyclic) bond motifs is 1. The molecular formula is C28H28ClN3O2. The van der Waals surface area contributed by atoms with Gasteiger partial charge >= 0.3 is 0 Å². The number of halogens is 1. The third-order valence-electron chi connectivity index (χ3n) is 6.31. The number of amides is 1. The van der Waals surface area contributed by atoms with Crippen LogP contribution in [-0.2, 0) is 11.3 Å². The number of benzene rings is 3. The van der Waals surface area contributed by atoms with Gasteiger partial charge < -0.3 is 14.2 Å². The van der Waals surface area contributed by atoms with Crippen molar-refractivity contribution in [1.82, 2.24) is 9.55 Å². The normalized spacial score (nSPS) is 15.9. The molecule has 4 aromatic rings. The first kappa shape index (κ1) is 22.5. The van der Waals surface area contributed by atoms with Crippen LogP contribution in [0.4, 0.5) is 5.69 Å². The Morgan fingerprint density at radius 3 is 2.56 bits per heavy atom. The van der Waals surface area contributed by atoms with Gasteiger partial charge in [-0.05, 0) is 67.8 Å². The average Bonchev–Trinajstić information content (AvgIpc) is 3.37. The van der Waals surface area contributed by atoms with E-state index in [1.54, 1.807) is 4.90 Å². The lowest BCUT2D eigenvalue weighted by Gasteiger charge is -2.18. The molecule has 0 aliphatic carbocycles. The predicted molar refractivity (Wildman–Crippen MR) is 137 cm³/mol. The third kappa shape index (κ3) is 4.53. The SMILES string of the molecule is Cc1cc(C)cc(OCCCn2c([C@H]3CC(=O)N(c4ccccc4Cl)C3)nc3ccccc32)c1. The van der Waals surface area contributed by atoms with Crippen molar-refractivity contribution < 1.29 is 9.53 Å². The smallest absolute Gasteiger partial charge is 0.227 e. The summed E-state index contributed by atoms with van der Waals surface area (Å²) >= 11 is 6.38. The van der Waals surface area contributed by atoms with Crippen LogP contribution in [0.2, 0.25) is 5.02 Å². The zero-order valence-electron chi connectivity index (χ0n) is 19.5. The fourth-order valence-corrected chi connectivity index (χ4v) is 5.09. The van der Waals surface area contributed by atoms with Gasteiger partial charge in [0.1, 0.15) is 11.6 Å². The highest BCUT2D eigenvalue weighted by atomic mass is 35.5. The Bertz CT molecular complexity index is 1330. The van der Waals surface area contributed by atoms with Crippen molar-refractivity contribution in [2.24, 2.45) is 0 Å². The van der Waals surface area contributed by atoms with Crippen LogP contribution in [0.3, 0.4) is 0 Å². The topological polar surface area (TPSA) is 47.4 Å². The van der Waals surface area contributed by atoms with E-state index in [9.17, 15) is 4.79 Å². The standard InChI is InChI=1S/C28H28ClN3O2/c1-19-14-20(2)16-22(15-19)34-13-7-12-31-26-11-6-4-9-24(26)30-28(31)21-17-27(33)32(18-21)25-10-5-3-8-23(25)29/h3-6,8-11,14-16,21H,7,12-13,17-18H2,1-2H3/t21-/m0/s1. The van der Waals surface area contributed by atoms with Crippen molar-refractivity contribution in [3.8, 4) is 5.75 Å². The molecule has 1 aromatic heterocycles. The summed E-state index contributed by atoms with van der Waals surface area (Å²) in [5.74, 6) is 1.95. The minimum absolute atomic E-state index is 0.0107. The molecule has 1 amide bonds. The van der Waals surface area contributed by atoms with Crippen molar-refractivity contribution in [3.05, 3.63) is 88.7 Å². The van der Waals surface area contributed by atoms with Crippen LogP contribution in [0.5, 0.6) is 5.75 Å². The highest BCUT2D eigenvalue weighted by Crippen LogP contribution is 2.36. The summed E-state index contributed by atoms with van der Waals surface area (Å²) in [5.41, 5.74) is 5.21. The van der Waals surface area contributed by atoms with E-state index in [0.717, 1.165) is 41.3 Å². The molecular weight excluding hydrogens is 446 g/mol. The Hall–Kier alpha value is -3.31. The molecule has 0 radical (unpaired) electrons. The molecule has 34 heavy (non-hydrogen) atoms. The maximum atomic E-state index is 12.9. The highest BCUT2D eigenvalue weighted by Gasteiger charge is 2.35. The van der Waals surface area contributed by atoms with Crippen molar-refractivity contribution in [2.45, 2.75) is 39.2 Å². The highest BCUT2D eigenvalue weighted by molar-refractivity contribution is 6.33. The van der Waals surface area contributed by atoms with Gasteiger partial charge in [-0.1, -0.05) is 41.9 Å². The molecule has 1 atom stereocenters. The summed E-state index contributed by atoms with van der Waals surface area (Å²) in [4.78, 5) is 19.7. The number of aromatic nitrogens is 2. The number of ether oxygens (including phenoxy) is 1. The van der Waals surface area contributed by atoms with E-state index in [1.165, 1.54) is 11.1 Å². The molecule has 5 nitrogen and oxygen atoms in total. The second-order valence-electron chi connectivity index (χ2n) is 8.99. The molecule has 2 heterocycles. The zero-order chi connectivity index (χ0) is 23.7. The van der Waals surface area contributed by atoms with Gasteiger partial charge in [-0.15, -0.1) is 0 Å². The Morgan fingerprint density at radius 2 is 1.76 bits per heavy atom. The van der Waals surface area contributed by atoms with Crippen molar-refractivity contribution in [3.63, 3.8) is 0 Å². The first-order valence-electron chi connectivity index (χ1n) is 11.7. The number of anilines is 1. The predicted octanol–water partition coefficient (Wildman–Crippen LogP) is 6.30. The number of nitrogens with zero attached hydrogens (tertiary/aromatic N) is 3. The quantitative estimate of drug-likeness (QED) is 0.296. The van der Waals surface area contributed by atoms with E-state index >= 15 is 0 Å². The lowest BCUT2D eigenvalue weighted by molar-refractivity contribution is -0.117. The second kappa shape index (κ2) is 9.51. The van der Waals surface area contributed by atoms with E-state index < -0.39 is 0 Å². The summed E-state index contributed by atoms with van der Waals surface area (Å²) < 4.78 is 8.30. The van der Waals surface area contributed by atoms with Gasteiger partial charge in [-0.3, -0.25) is 4.79 Å². The van der Waals surface area contributed by atoms with Crippen LogP contribution in [0.1, 0.15) is 35.7 Å². The molecule has 0 spiro atoms. The van der Waals surface area contributed by atoms with E-state index in [2.05, 4.69) is 42.7 Å². The minimum atomic E-state index is 0.0107. The number of carbonyl (C=O) groups excluding carboxylic acids is 1. The van der Waals surface area contributed by atoms with E-state index in [0.29, 0.717) is 24.6 Å². The molecule has 1 fully saturated rings. The molecule has 5 rings (SSSR count). The van der Waals surface area contributed by atoms with Crippen LogP contribution in [0.25, 0.3) is 11.0 Å². The number of hydrogen-bond acceptors (Lipinski definition) is 3. The van der Waals surface area contributed by atoms with Crippen molar-refractivity contribution >= 4 is 34.2 Å². The van der Waals surface area contributed by atoms with Crippen LogP contribution >= 0.6 is 11.6 Å². The fraction of sp³-hybridized carbons (Fsp3) is 0.286. The number of imidazole rings is 1. The summed E-state index contributed by atoms with van der Waals surface area (Å²) in [7, 11) is 0. The van der Waals surface area contributed by atoms with Crippen LogP contribution in [-0.4, -0.2) is 28.6 Å². The van der Waals surface area contributed by atoms with Crippen LogP contribution in [0.15, 0.2) is 66.7 Å². The van der Waals surface area contributed by atoms with Crippen LogP contribution in [0, 0.1) is 13.8 Å². The number of para-hydroxylation sites is 3. The van der Waals surface area contributed by atoms with Gasteiger partial charge in [-0.2, -0.15) is 0 Å². The maximum absolute atomic E-state index is 12.9. The molecule has 174 valence electrons. The molecule has 1 aliphatic rings.